The molecule has 1 amide bonds. The minimum atomic E-state index is -0.614. The molecule has 1 aromatic rings. The fourth-order valence-corrected chi connectivity index (χ4v) is 5.00. The van der Waals surface area contributed by atoms with E-state index < -0.39 is 23.3 Å². The maximum absolute atomic E-state index is 12.7. The first kappa shape index (κ1) is 29.9. The Balaban J connectivity index is 1.50. The highest BCUT2D eigenvalue weighted by atomic mass is 16.6. The summed E-state index contributed by atoms with van der Waals surface area (Å²) in [6, 6.07) is 7.41. The zero-order chi connectivity index (χ0) is 27.9. The molecule has 1 aromatic carbocycles. The van der Waals surface area contributed by atoms with Crippen LogP contribution in [0, 0.1) is 0 Å². The van der Waals surface area contributed by atoms with Gasteiger partial charge in [0.25, 0.3) is 0 Å². The van der Waals surface area contributed by atoms with Crippen LogP contribution in [0.4, 0.5) is 4.79 Å². The van der Waals surface area contributed by atoms with Crippen molar-refractivity contribution in [2.75, 3.05) is 19.8 Å². The molecule has 8 nitrogen and oxygen atoms in total. The van der Waals surface area contributed by atoms with Gasteiger partial charge in [-0.05, 0) is 91.2 Å². The van der Waals surface area contributed by atoms with Crippen LogP contribution in [0.2, 0.25) is 0 Å². The van der Waals surface area contributed by atoms with Gasteiger partial charge in [0, 0.05) is 13.0 Å². The lowest BCUT2D eigenvalue weighted by Gasteiger charge is -2.37. The molecule has 3 rings (SSSR count). The summed E-state index contributed by atoms with van der Waals surface area (Å²) in [5.74, 6) is 0.908. The van der Waals surface area contributed by atoms with Gasteiger partial charge in [0.15, 0.2) is 5.78 Å². The van der Waals surface area contributed by atoms with Gasteiger partial charge in [-0.3, -0.25) is 14.5 Å². The summed E-state index contributed by atoms with van der Waals surface area (Å²) in [7, 11) is 0. The van der Waals surface area contributed by atoms with E-state index in [1.54, 1.807) is 0 Å². The number of nitrogens with zero attached hydrogens (tertiary/aromatic N) is 1. The number of Topliss-reactive ketones (excluding diaryl/α,β-unsaturated/α-hetero) is 1. The first-order valence-corrected chi connectivity index (χ1v) is 13.9. The maximum atomic E-state index is 12.7. The molecule has 1 saturated carbocycles. The second-order valence-corrected chi connectivity index (χ2v) is 12.3. The summed E-state index contributed by atoms with van der Waals surface area (Å²) in [4.78, 5) is 38.9. The number of carbonyl (C=O) groups is 3. The van der Waals surface area contributed by atoms with Crippen molar-refractivity contribution in [3.05, 3.63) is 29.8 Å². The van der Waals surface area contributed by atoms with Gasteiger partial charge in [0.05, 0.1) is 25.7 Å². The fourth-order valence-electron chi connectivity index (χ4n) is 5.00. The molecule has 0 spiro atoms. The number of benzene rings is 1. The Bertz CT molecular complexity index is 954. The van der Waals surface area contributed by atoms with E-state index in [1.807, 2.05) is 59.7 Å². The van der Waals surface area contributed by atoms with E-state index in [2.05, 4.69) is 6.07 Å². The van der Waals surface area contributed by atoms with Gasteiger partial charge in [0.2, 0.25) is 0 Å². The Kier molecular flexibility index (Phi) is 10.2. The number of carbonyl (C=O) groups excluding carboxylic acids is 3. The van der Waals surface area contributed by atoms with E-state index in [0.29, 0.717) is 25.3 Å². The smallest absolute Gasteiger partial charge is 0.410 e. The summed E-state index contributed by atoms with van der Waals surface area (Å²) in [5, 5.41) is 0. The lowest BCUT2D eigenvalue weighted by molar-refractivity contribution is -0.155. The number of hydrogen-bond donors (Lipinski definition) is 0. The fraction of sp³-hybridized carbons (Fsp3) is 0.700. The van der Waals surface area contributed by atoms with Crippen molar-refractivity contribution in [2.24, 2.45) is 0 Å². The second-order valence-electron chi connectivity index (χ2n) is 12.3. The number of rotatable bonds is 8. The van der Waals surface area contributed by atoms with Crippen molar-refractivity contribution in [1.82, 2.24) is 4.90 Å². The highest BCUT2D eigenvalue weighted by Crippen LogP contribution is 2.38. The number of ether oxygens (including phenoxy) is 4. The van der Waals surface area contributed by atoms with Crippen molar-refractivity contribution >= 4 is 17.8 Å². The van der Waals surface area contributed by atoms with E-state index >= 15 is 0 Å². The largest absolute Gasteiger partial charge is 0.493 e. The van der Waals surface area contributed by atoms with Crippen molar-refractivity contribution in [3.63, 3.8) is 0 Å². The van der Waals surface area contributed by atoms with Crippen LogP contribution < -0.4 is 4.74 Å². The molecule has 2 fully saturated rings. The van der Waals surface area contributed by atoms with Gasteiger partial charge in [-0.1, -0.05) is 18.2 Å². The van der Waals surface area contributed by atoms with Crippen LogP contribution >= 0.6 is 0 Å². The molecule has 1 atom stereocenters. The highest BCUT2D eigenvalue weighted by Gasteiger charge is 2.36. The predicted octanol–water partition coefficient (Wildman–Crippen LogP) is 5.81. The molecule has 1 unspecified atom stereocenters. The van der Waals surface area contributed by atoms with Gasteiger partial charge < -0.3 is 18.9 Å². The van der Waals surface area contributed by atoms with Crippen LogP contribution in [0.25, 0.3) is 0 Å². The van der Waals surface area contributed by atoms with Crippen LogP contribution in [0.1, 0.15) is 98.0 Å². The quantitative estimate of drug-likeness (QED) is 0.391. The number of esters is 1. The summed E-state index contributed by atoms with van der Waals surface area (Å²) in [6.45, 7) is 12.0. The van der Waals surface area contributed by atoms with Gasteiger partial charge in [-0.25, -0.2) is 4.79 Å². The maximum Gasteiger partial charge on any atom is 0.410 e. The number of ketones is 1. The highest BCUT2D eigenvalue weighted by molar-refractivity contribution is 5.88. The van der Waals surface area contributed by atoms with Crippen LogP contribution in [-0.4, -0.2) is 65.9 Å². The molecule has 8 heteroatoms. The van der Waals surface area contributed by atoms with Crippen molar-refractivity contribution in [2.45, 2.75) is 116 Å². The van der Waals surface area contributed by atoms with E-state index in [-0.39, 0.29) is 37.5 Å². The standard InChI is InChI=1S/C30H45NO7/c1-29(2,3)37-27(33)17-19-35-26-12-8-7-10-23(26)21-13-15-22(16-14-21)36-20-24-25(32)11-9-18-31(24)28(34)38-30(4,5)6/h7-8,10,12,21-22,24H,9,11,13-20H2,1-6H3. The number of amides is 1. The zero-order valence-electron chi connectivity index (χ0n) is 23.9. The van der Waals surface area contributed by atoms with Gasteiger partial charge >= 0.3 is 12.1 Å². The van der Waals surface area contributed by atoms with Crippen molar-refractivity contribution in [3.8, 4) is 5.75 Å². The molecule has 0 bridgehead atoms. The average molecular weight is 532 g/mol. The lowest BCUT2D eigenvalue weighted by Crippen LogP contribution is -2.53. The summed E-state index contributed by atoms with van der Waals surface area (Å²) in [6.07, 6.45) is 4.51. The first-order chi connectivity index (χ1) is 17.8. The Morgan fingerprint density at radius 1 is 0.947 bits per heavy atom. The van der Waals surface area contributed by atoms with E-state index in [9.17, 15) is 14.4 Å². The number of hydrogen-bond acceptors (Lipinski definition) is 7. The zero-order valence-corrected chi connectivity index (χ0v) is 23.9. The van der Waals surface area contributed by atoms with Crippen LogP contribution in [-0.2, 0) is 23.8 Å². The third-order valence-corrected chi connectivity index (χ3v) is 6.70. The molecule has 2 aliphatic rings. The minimum absolute atomic E-state index is 0.0354. The Morgan fingerprint density at radius 2 is 1.61 bits per heavy atom. The third kappa shape index (κ3) is 9.29. The van der Waals surface area contributed by atoms with Crippen LogP contribution in [0.5, 0.6) is 5.75 Å². The summed E-state index contributed by atoms with van der Waals surface area (Å²) < 4.78 is 23.1. The van der Waals surface area contributed by atoms with Crippen LogP contribution in [0.3, 0.4) is 0 Å². The molecule has 1 heterocycles. The topological polar surface area (TPSA) is 91.4 Å². The monoisotopic (exact) mass is 531 g/mol. The molecular formula is C30H45NO7. The molecule has 0 radical (unpaired) electrons. The Morgan fingerprint density at radius 3 is 2.26 bits per heavy atom. The molecule has 1 saturated heterocycles. The van der Waals surface area contributed by atoms with E-state index in [1.165, 1.54) is 4.90 Å². The first-order valence-electron chi connectivity index (χ1n) is 13.9. The number of likely N-dealkylation sites (tertiary alicyclic amines) is 1. The Hall–Kier alpha value is -2.61. The van der Waals surface area contributed by atoms with Gasteiger partial charge in [-0.15, -0.1) is 0 Å². The predicted molar refractivity (Wildman–Crippen MR) is 144 cm³/mol. The second kappa shape index (κ2) is 13.0. The van der Waals surface area contributed by atoms with Crippen LogP contribution in [0.15, 0.2) is 24.3 Å². The molecule has 212 valence electrons. The van der Waals surface area contributed by atoms with E-state index in [0.717, 1.165) is 37.0 Å². The van der Waals surface area contributed by atoms with E-state index in [4.69, 9.17) is 18.9 Å². The van der Waals surface area contributed by atoms with Crippen molar-refractivity contribution < 1.29 is 33.3 Å². The lowest BCUT2D eigenvalue weighted by atomic mass is 9.82. The Labute approximate surface area is 227 Å². The molecule has 1 aliphatic heterocycles. The minimum Gasteiger partial charge on any atom is -0.493 e. The van der Waals surface area contributed by atoms with Crippen molar-refractivity contribution in [1.29, 1.82) is 0 Å². The third-order valence-electron chi connectivity index (χ3n) is 6.70. The SMILES string of the molecule is CC(C)(C)OC(=O)CCOc1ccccc1C1CCC(OCC2C(=O)CCCN2C(=O)OC(C)(C)C)CC1. The molecule has 1 aliphatic carbocycles. The molecular weight excluding hydrogens is 486 g/mol. The normalized spacial score (nSPS) is 22.6. The van der Waals surface area contributed by atoms with Gasteiger partial charge in [0.1, 0.15) is 23.0 Å². The van der Waals surface area contributed by atoms with Gasteiger partial charge in [-0.2, -0.15) is 0 Å². The average Bonchev–Trinajstić information content (AvgIpc) is 2.81. The molecule has 0 aromatic heterocycles. The number of para-hydroxylation sites is 1. The summed E-state index contributed by atoms with van der Waals surface area (Å²) >= 11 is 0. The number of piperidine rings is 1. The molecule has 38 heavy (non-hydrogen) atoms. The molecule has 0 N–H and O–H groups in total. The summed E-state index contributed by atoms with van der Waals surface area (Å²) in [5.41, 5.74) is 0.0270.